The molecule has 2 aromatic heterocycles. The van der Waals surface area contributed by atoms with Crippen LogP contribution in [0.5, 0.6) is 0 Å². The van der Waals surface area contributed by atoms with Crippen LogP contribution in [0.4, 0.5) is 0 Å². The van der Waals surface area contributed by atoms with Crippen LogP contribution in [0.3, 0.4) is 0 Å². The molecule has 2 heterocycles. The molecule has 0 fully saturated rings. The van der Waals surface area contributed by atoms with Gasteiger partial charge in [-0.2, -0.15) is 0 Å². The molecule has 2 N–H and O–H groups in total. The summed E-state index contributed by atoms with van der Waals surface area (Å²) in [7, 11) is 0. The van der Waals surface area contributed by atoms with Gasteiger partial charge in [-0.05, 0) is 37.5 Å². The van der Waals surface area contributed by atoms with E-state index in [2.05, 4.69) is 10.3 Å². The van der Waals surface area contributed by atoms with Crippen molar-refractivity contribution >= 4 is 11.6 Å². The number of nitrogens with one attached hydrogen (secondary N) is 1. The first-order valence-corrected chi connectivity index (χ1v) is 7.21. The Morgan fingerprint density at radius 3 is 2.82 bits per heavy atom. The summed E-state index contributed by atoms with van der Waals surface area (Å²) in [5, 5.41) is 12.7. The third-order valence-corrected chi connectivity index (χ3v) is 3.96. The fourth-order valence-corrected chi connectivity index (χ4v) is 1.89. The summed E-state index contributed by atoms with van der Waals surface area (Å²) in [6.07, 6.45) is 2.87. The van der Waals surface area contributed by atoms with Crippen LogP contribution >= 0.6 is 0 Å². The monoisotopic (exact) mass is 303 g/mol. The number of carbonyl (C=O) groups excluding carboxylic acids is 1. The molecule has 0 aliphatic heterocycles. The van der Waals surface area contributed by atoms with E-state index in [0.29, 0.717) is 5.65 Å². The predicted octanol–water partition coefficient (Wildman–Crippen LogP) is 1.14. The maximum Gasteiger partial charge on any atom is 0.270 e. The van der Waals surface area contributed by atoms with E-state index in [1.807, 2.05) is 20.8 Å². The molecule has 0 spiro atoms. The third-order valence-electron chi connectivity index (χ3n) is 3.96. The molecular formula is C16H21N3O3. The van der Waals surface area contributed by atoms with E-state index in [9.17, 15) is 14.7 Å². The molecule has 0 radical (unpaired) electrons. The molecule has 2 aromatic rings. The van der Waals surface area contributed by atoms with Gasteiger partial charge in [-0.15, -0.1) is 0 Å². The van der Waals surface area contributed by atoms with Crippen molar-refractivity contribution in [1.29, 1.82) is 0 Å². The summed E-state index contributed by atoms with van der Waals surface area (Å²) >= 11 is 0. The topological polar surface area (TPSA) is 83.7 Å². The fourth-order valence-electron chi connectivity index (χ4n) is 1.89. The standard InChI is InChI=1S/C16H21N3O3/c1-10(2)16(4,22)9-18-14(20)12-8-17-13-7-11(3)5-6-19(13)15(12)21/h5-8,10,22H,9H2,1-4H3,(H,18,20). The first kappa shape index (κ1) is 16.2. The zero-order valence-corrected chi connectivity index (χ0v) is 13.3. The molecule has 22 heavy (non-hydrogen) atoms. The van der Waals surface area contributed by atoms with Crippen LogP contribution in [-0.4, -0.2) is 32.5 Å². The largest absolute Gasteiger partial charge is 0.388 e. The first-order valence-electron chi connectivity index (χ1n) is 7.21. The summed E-state index contributed by atoms with van der Waals surface area (Å²) in [4.78, 5) is 28.7. The van der Waals surface area contributed by atoms with Crippen LogP contribution in [-0.2, 0) is 0 Å². The number of amides is 1. The van der Waals surface area contributed by atoms with Gasteiger partial charge in [0.15, 0.2) is 0 Å². The molecule has 0 aliphatic carbocycles. The van der Waals surface area contributed by atoms with E-state index in [1.165, 1.54) is 10.6 Å². The average Bonchev–Trinajstić information content (AvgIpc) is 2.45. The SMILES string of the molecule is Cc1ccn2c(=O)c(C(=O)NCC(C)(O)C(C)C)cnc2c1. The number of carbonyl (C=O) groups is 1. The first-order chi connectivity index (χ1) is 10.2. The number of aromatic nitrogens is 2. The van der Waals surface area contributed by atoms with Gasteiger partial charge in [0.1, 0.15) is 11.2 Å². The van der Waals surface area contributed by atoms with Gasteiger partial charge in [0.2, 0.25) is 0 Å². The minimum absolute atomic E-state index is 0.0217. The van der Waals surface area contributed by atoms with Crippen LogP contribution in [0.15, 0.2) is 29.3 Å². The lowest BCUT2D eigenvalue weighted by Crippen LogP contribution is -2.45. The Labute approximate surface area is 128 Å². The number of nitrogens with zero attached hydrogens (tertiary/aromatic N) is 2. The summed E-state index contributed by atoms with van der Waals surface area (Å²) < 4.78 is 1.34. The number of aliphatic hydroxyl groups is 1. The van der Waals surface area contributed by atoms with Gasteiger partial charge >= 0.3 is 0 Å². The number of pyridine rings is 1. The highest BCUT2D eigenvalue weighted by molar-refractivity contribution is 5.93. The van der Waals surface area contributed by atoms with Crippen LogP contribution in [0.25, 0.3) is 5.65 Å². The average molecular weight is 303 g/mol. The van der Waals surface area contributed by atoms with Gasteiger partial charge < -0.3 is 10.4 Å². The molecule has 0 aromatic carbocycles. The quantitative estimate of drug-likeness (QED) is 0.887. The second-order valence-corrected chi connectivity index (χ2v) is 6.10. The Morgan fingerprint density at radius 1 is 1.50 bits per heavy atom. The minimum Gasteiger partial charge on any atom is -0.388 e. The summed E-state index contributed by atoms with van der Waals surface area (Å²) in [5.41, 5.74) is -0.0202. The molecule has 0 saturated heterocycles. The van der Waals surface area contributed by atoms with Gasteiger partial charge in [0, 0.05) is 18.9 Å². The van der Waals surface area contributed by atoms with Crippen molar-refractivity contribution in [2.75, 3.05) is 6.54 Å². The smallest absolute Gasteiger partial charge is 0.270 e. The zero-order chi connectivity index (χ0) is 16.5. The summed E-state index contributed by atoms with van der Waals surface area (Å²) in [6, 6.07) is 3.55. The molecule has 118 valence electrons. The normalized spacial score (nSPS) is 14.1. The van der Waals surface area contributed by atoms with Crippen LogP contribution in [0.2, 0.25) is 0 Å². The van der Waals surface area contributed by atoms with Crippen LogP contribution < -0.4 is 10.9 Å². The minimum atomic E-state index is -1.03. The van der Waals surface area contributed by atoms with E-state index >= 15 is 0 Å². The van der Waals surface area contributed by atoms with Crippen molar-refractivity contribution in [3.63, 3.8) is 0 Å². The predicted molar refractivity (Wildman–Crippen MR) is 84.0 cm³/mol. The number of fused-ring (bicyclic) bond motifs is 1. The van der Waals surface area contributed by atoms with Crippen molar-refractivity contribution in [2.24, 2.45) is 5.92 Å². The number of rotatable bonds is 4. The molecular weight excluding hydrogens is 282 g/mol. The Hall–Kier alpha value is -2.21. The Balaban J connectivity index is 2.28. The molecule has 1 atom stereocenters. The summed E-state index contributed by atoms with van der Waals surface area (Å²) in [6.45, 7) is 7.34. The maximum absolute atomic E-state index is 12.3. The Kier molecular flexibility index (Phi) is 4.32. The highest BCUT2D eigenvalue weighted by Crippen LogP contribution is 2.14. The second-order valence-electron chi connectivity index (χ2n) is 6.10. The lowest BCUT2D eigenvalue weighted by Gasteiger charge is -2.27. The van der Waals surface area contributed by atoms with Gasteiger partial charge in [0.25, 0.3) is 11.5 Å². The van der Waals surface area contributed by atoms with Crippen molar-refractivity contribution < 1.29 is 9.90 Å². The molecule has 0 saturated carbocycles. The zero-order valence-electron chi connectivity index (χ0n) is 13.3. The second kappa shape index (κ2) is 5.88. The van der Waals surface area contributed by atoms with E-state index in [0.717, 1.165) is 5.56 Å². The molecule has 2 rings (SSSR count). The third kappa shape index (κ3) is 3.17. The lowest BCUT2D eigenvalue weighted by atomic mass is 9.92. The van der Waals surface area contributed by atoms with E-state index in [4.69, 9.17) is 0 Å². The fraction of sp³-hybridized carbons (Fsp3) is 0.438. The van der Waals surface area contributed by atoms with Gasteiger partial charge in [0.05, 0.1) is 5.60 Å². The van der Waals surface area contributed by atoms with E-state index < -0.39 is 17.1 Å². The molecule has 1 amide bonds. The Bertz CT molecular complexity index is 763. The van der Waals surface area contributed by atoms with Crippen LogP contribution in [0, 0.1) is 12.8 Å². The van der Waals surface area contributed by atoms with Crippen molar-refractivity contribution in [3.05, 3.63) is 46.0 Å². The molecule has 6 nitrogen and oxygen atoms in total. The maximum atomic E-state index is 12.3. The van der Waals surface area contributed by atoms with Crippen molar-refractivity contribution in [3.8, 4) is 0 Å². The molecule has 1 unspecified atom stereocenters. The van der Waals surface area contributed by atoms with Gasteiger partial charge in [-0.3, -0.25) is 14.0 Å². The Morgan fingerprint density at radius 2 is 2.18 bits per heavy atom. The highest BCUT2D eigenvalue weighted by Gasteiger charge is 2.26. The van der Waals surface area contributed by atoms with Crippen molar-refractivity contribution in [2.45, 2.75) is 33.3 Å². The lowest BCUT2D eigenvalue weighted by molar-refractivity contribution is 0.0142. The van der Waals surface area contributed by atoms with E-state index in [1.54, 1.807) is 25.3 Å². The highest BCUT2D eigenvalue weighted by atomic mass is 16.3. The number of hydrogen-bond donors (Lipinski definition) is 2. The van der Waals surface area contributed by atoms with Crippen LogP contribution in [0.1, 0.15) is 36.7 Å². The van der Waals surface area contributed by atoms with Gasteiger partial charge in [-0.1, -0.05) is 13.8 Å². The molecule has 6 heteroatoms. The summed E-state index contributed by atoms with van der Waals surface area (Å²) in [5.74, 6) is -0.556. The number of hydrogen-bond acceptors (Lipinski definition) is 4. The van der Waals surface area contributed by atoms with E-state index in [-0.39, 0.29) is 18.0 Å². The van der Waals surface area contributed by atoms with Crippen molar-refractivity contribution in [1.82, 2.24) is 14.7 Å². The molecule has 0 bridgehead atoms. The number of aryl methyl sites for hydroxylation is 1. The van der Waals surface area contributed by atoms with Gasteiger partial charge in [-0.25, -0.2) is 4.98 Å². The molecule has 0 aliphatic rings.